The summed E-state index contributed by atoms with van der Waals surface area (Å²) >= 11 is 0. The zero-order valence-electron chi connectivity index (χ0n) is 14.1. The first-order chi connectivity index (χ1) is 11.6. The Morgan fingerprint density at radius 3 is 2.88 bits per heavy atom. The number of rotatable bonds is 4. The van der Waals surface area contributed by atoms with Gasteiger partial charge in [-0.2, -0.15) is 0 Å². The molecule has 2 N–H and O–H groups in total. The summed E-state index contributed by atoms with van der Waals surface area (Å²) in [5.41, 5.74) is 2.14. The highest BCUT2D eigenvalue weighted by atomic mass is 16.3. The Kier molecular flexibility index (Phi) is 4.35. The Balaban J connectivity index is 2.19. The fraction of sp³-hybridized carbons (Fsp3) is 0.353. The number of nitrogens with one attached hydrogen (secondary N) is 1. The topological polar surface area (TPSA) is 81.6 Å². The smallest absolute Gasteiger partial charge is 0.259 e. The summed E-state index contributed by atoms with van der Waals surface area (Å²) in [6.07, 6.45) is 1.67. The molecule has 0 aliphatic carbocycles. The van der Waals surface area contributed by atoms with Crippen LogP contribution in [0.2, 0.25) is 0 Å². The SMILES string of the molecule is CCN1c2ncccc2C(=O)Nc2c(C)cc(N(C)CCO)nc21. The lowest BCUT2D eigenvalue weighted by atomic mass is 10.2. The van der Waals surface area contributed by atoms with E-state index in [0.717, 1.165) is 11.4 Å². The third-order valence-corrected chi connectivity index (χ3v) is 4.11. The predicted molar refractivity (Wildman–Crippen MR) is 94.2 cm³/mol. The molecule has 0 spiro atoms. The highest BCUT2D eigenvalue weighted by Gasteiger charge is 2.28. The van der Waals surface area contributed by atoms with Gasteiger partial charge in [0, 0.05) is 26.3 Å². The van der Waals surface area contributed by atoms with Crippen molar-refractivity contribution in [1.82, 2.24) is 9.97 Å². The van der Waals surface area contributed by atoms with Gasteiger partial charge in [-0.15, -0.1) is 0 Å². The average molecular weight is 327 g/mol. The van der Waals surface area contributed by atoms with Crippen molar-refractivity contribution in [2.24, 2.45) is 0 Å². The largest absolute Gasteiger partial charge is 0.395 e. The molecule has 7 nitrogen and oxygen atoms in total. The molecule has 0 aromatic carbocycles. The zero-order valence-corrected chi connectivity index (χ0v) is 14.1. The van der Waals surface area contributed by atoms with Crippen molar-refractivity contribution in [2.45, 2.75) is 13.8 Å². The van der Waals surface area contributed by atoms with Crippen LogP contribution in [0.15, 0.2) is 24.4 Å². The number of aromatic nitrogens is 2. The molecule has 0 unspecified atom stereocenters. The number of anilines is 4. The Morgan fingerprint density at radius 1 is 1.38 bits per heavy atom. The maximum Gasteiger partial charge on any atom is 0.259 e. The van der Waals surface area contributed by atoms with E-state index in [-0.39, 0.29) is 12.5 Å². The molecule has 0 atom stereocenters. The minimum absolute atomic E-state index is 0.0485. The molecule has 2 aromatic rings. The van der Waals surface area contributed by atoms with Crippen LogP contribution in [0.5, 0.6) is 0 Å². The molecule has 3 rings (SSSR count). The van der Waals surface area contributed by atoms with Crippen LogP contribution in [0.1, 0.15) is 22.8 Å². The molecule has 1 aliphatic heterocycles. The Bertz CT molecular complexity index is 778. The second-order valence-corrected chi connectivity index (χ2v) is 5.71. The van der Waals surface area contributed by atoms with Gasteiger partial charge in [-0.1, -0.05) is 0 Å². The lowest BCUT2D eigenvalue weighted by molar-refractivity contribution is 0.102. The van der Waals surface area contributed by atoms with E-state index in [0.29, 0.717) is 36.0 Å². The van der Waals surface area contributed by atoms with Crippen LogP contribution in [0.25, 0.3) is 0 Å². The average Bonchev–Trinajstić information content (AvgIpc) is 2.70. The quantitative estimate of drug-likeness (QED) is 0.893. The van der Waals surface area contributed by atoms with Crippen molar-refractivity contribution >= 4 is 29.0 Å². The molecule has 0 radical (unpaired) electrons. The van der Waals surface area contributed by atoms with Gasteiger partial charge >= 0.3 is 0 Å². The molecule has 7 heteroatoms. The van der Waals surface area contributed by atoms with E-state index in [1.165, 1.54) is 0 Å². The number of fused-ring (bicyclic) bond motifs is 2. The van der Waals surface area contributed by atoms with Gasteiger partial charge < -0.3 is 20.2 Å². The van der Waals surface area contributed by atoms with Gasteiger partial charge in [0.2, 0.25) is 0 Å². The Hall–Kier alpha value is -2.67. The molecule has 0 saturated carbocycles. The summed E-state index contributed by atoms with van der Waals surface area (Å²) in [5, 5.41) is 12.1. The van der Waals surface area contributed by atoms with Gasteiger partial charge in [0.05, 0.1) is 17.9 Å². The molecular weight excluding hydrogens is 306 g/mol. The second kappa shape index (κ2) is 6.45. The number of hydrogen-bond acceptors (Lipinski definition) is 6. The van der Waals surface area contributed by atoms with Crippen LogP contribution in [-0.2, 0) is 0 Å². The minimum atomic E-state index is -0.184. The number of carbonyl (C=O) groups is 1. The molecule has 3 heterocycles. The number of likely N-dealkylation sites (N-methyl/N-ethyl adjacent to an activating group) is 1. The van der Waals surface area contributed by atoms with Crippen LogP contribution in [0.3, 0.4) is 0 Å². The van der Waals surface area contributed by atoms with Gasteiger partial charge in [-0.3, -0.25) is 4.79 Å². The second-order valence-electron chi connectivity index (χ2n) is 5.71. The van der Waals surface area contributed by atoms with Crippen LogP contribution in [0.4, 0.5) is 23.1 Å². The van der Waals surface area contributed by atoms with Crippen LogP contribution < -0.4 is 15.1 Å². The molecule has 1 amide bonds. The number of carbonyl (C=O) groups excluding carboxylic acids is 1. The summed E-state index contributed by atoms with van der Waals surface area (Å²) in [5.74, 6) is 1.83. The van der Waals surface area contributed by atoms with Crippen molar-refractivity contribution in [3.63, 3.8) is 0 Å². The number of nitrogens with zero attached hydrogens (tertiary/aromatic N) is 4. The number of aliphatic hydroxyl groups is 1. The van der Waals surface area contributed by atoms with Crippen molar-refractivity contribution in [1.29, 1.82) is 0 Å². The first-order valence-corrected chi connectivity index (χ1v) is 7.94. The Morgan fingerprint density at radius 2 is 2.17 bits per heavy atom. The predicted octanol–water partition coefficient (Wildman–Crippen LogP) is 1.94. The fourth-order valence-corrected chi connectivity index (χ4v) is 2.82. The van der Waals surface area contributed by atoms with Gasteiger partial charge in [-0.25, -0.2) is 9.97 Å². The molecule has 126 valence electrons. The molecule has 1 aliphatic rings. The van der Waals surface area contributed by atoms with Gasteiger partial charge in [-0.05, 0) is 37.6 Å². The van der Waals surface area contributed by atoms with E-state index >= 15 is 0 Å². The van der Waals surface area contributed by atoms with E-state index in [1.807, 2.05) is 36.8 Å². The van der Waals surface area contributed by atoms with Gasteiger partial charge in [0.25, 0.3) is 5.91 Å². The van der Waals surface area contributed by atoms with E-state index < -0.39 is 0 Å². The van der Waals surface area contributed by atoms with Gasteiger partial charge in [0.15, 0.2) is 5.82 Å². The third kappa shape index (κ3) is 2.67. The van der Waals surface area contributed by atoms with E-state index in [4.69, 9.17) is 10.1 Å². The van der Waals surface area contributed by atoms with Crippen molar-refractivity contribution < 1.29 is 9.90 Å². The highest BCUT2D eigenvalue weighted by molar-refractivity contribution is 6.11. The number of pyridine rings is 2. The van der Waals surface area contributed by atoms with Crippen LogP contribution >= 0.6 is 0 Å². The summed E-state index contributed by atoms with van der Waals surface area (Å²) in [4.78, 5) is 25.5. The van der Waals surface area contributed by atoms with Crippen molar-refractivity contribution in [3.8, 4) is 0 Å². The number of hydrogen-bond donors (Lipinski definition) is 2. The van der Waals surface area contributed by atoms with Crippen molar-refractivity contribution in [3.05, 3.63) is 35.5 Å². The van der Waals surface area contributed by atoms with E-state index in [1.54, 1.807) is 18.3 Å². The maximum atomic E-state index is 12.6. The van der Waals surface area contributed by atoms with E-state index in [2.05, 4.69) is 10.3 Å². The number of amides is 1. The molecule has 2 aromatic heterocycles. The monoisotopic (exact) mass is 327 g/mol. The molecule has 0 bridgehead atoms. The first-order valence-electron chi connectivity index (χ1n) is 7.94. The number of aliphatic hydroxyl groups excluding tert-OH is 1. The summed E-state index contributed by atoms with van der Waals surface area (Å²) in [6.45, 7) is 5.10. The minimum Gasteiger partial charge on any atom is -0.395 e. The molecular formula is C17H21N5O2. The van der Waals surface area contributed by atoms with Crippen LogP contribution in [0, 0.1) is 6.92 Å². The Labute approximate surface area is 141 Å². The summed E-state index contributed by atoms with van der Waals surface area (Å²) in [6, 6.07) is 5.43. The lowest BCUT2D eigenvalue weighted by Gasteiger charge is -2.25. The zero-order chi connectivity index (χ0) is 17.3. The normalized spacial score (nSPS) is 13.0. The fourth-order valence-electron chi connectivity index (χ4n) is 2.82. The van der Waals surface area contributed by atoms with Crippen LogP contribution in [-0.4, -0.2) is 47.7 Å². The third-order valence-electron chi connectivity index (χ3n) is 4.11. The lowest BCUT2D eigenvalue weighted by Crippen LogP contribution is -2.25. The summed E-state index contributed by atoms with van der Waals surface area (Å²) in [7, 11) is 1.88. The first kappa shape index (κ1) is 16.2. The molecule has 24 heavy (non-hydrogen) atoms. The molecule has 0 saturated heterocycles. The number of aryl methyl sites for hydroxylation is 1. The maximum absolute atomic E-state index is 12.6. The molecule has 0 fully saturated rings. The van der Waals surface area contributed by atoms with Gasteiger partial charge in [0.1, 0.15) is 11.6 Å². The van der Waals surface area contributed by atoms with E-state index in [9.17, 15) is 4.79 Å². The standard InChI is InChI=1S/C17H21N5O2/c1-4-22-15-12(6-5-7-18-15)17(24)20-14-11(2)10-13(19-16(14)22)21(3)8-9-23/h5-7,10,23H,4,8-9H2,1-3H3,(H,20,24). The van der Waals surface area contributed by atoms with Crippen molar-refractivity contribution in [2.75, 3.05) is 41.9 Å². The summed E-state index contributed by atoms with van der Waals surface area (Å²) < 4.78 is 0. The highest BCUT2D eigenvalue weighted by Crippen LogP contribution is 2.38.